The average Bonchev–Trinajstić information content (AvgIpc) is 2.90. The molecule has 0 saturated carbocycles. The first-order chi connectivity index (χ1) is 11.0. The van der Waals surface area contributed by atoms with Crippen LogP contribution in [-0.4, -0.2) is 33.4 Å². The second-order valence-electron chi connectivity index (χ2n) is 4.90. The molecule has 2 heterocycles. The van der Waals surface area contributed by atoms with Gasteiger partial charge in [-0.1, -0.05) is 17.7 Å². The van der Waals surface area contributed by atoms with Crippen molar-refractivity contribution < 1.29 is 14.3 Å². The molecule has 0 atom stereocenters. The number of aryl methyl sites for hydroxylation is 1. The number of aromatic nitrogens is 3. The van der Waals surface area contributed by atoms with Crippen LogP contribution >= 0.6 is 11.6 Å². The number of halogens is 1. The quantitative estimate of drug-likeness (QED) is 0.419. The number of rotatable bonds is 3. The molecule has 0 aliphatic heterocycles. The van der Waals surface area contributed by atoms with Crippen molar-refractivity contribution in [3.63, 3.8) is 0 Å². The maximum atomic E-state index is 12.8. The van der Waals surface area contributed by atoms with E-state index in [1.165, 1.54) is 19.5 Å². The Morgan fingerprint density at radius 1 is 1.22 bits per heavy atom. The zero-order valence-electron chi connectivity index (χ0n) is 12.4. The summed E-state index contributed by atoms with van der Waals surface area (Å²) in [6.07, 6.45) is 2.89. The minimum Gasteiger partial charge on any atom is -0.465 e. The maximum Gasteiger partial charge on any atom is 0.338 e. The van der Waals surface area contributed by atoms with Crippen LogP contribution in [0.3, 0.4) is 0 Å². The highest BCUT2D eigenvalue weighted by atomic mass is 35.5. The molecule has 2 aromatic heterocycles. The van der Waals surface area contributed by atoms with Gasteiger partial charge in [-0.2, -0.15) is 0 Å². The monoisotopic (exact) mass is 329 g/mol. The second kappa shape index (κ2) is 5.81. The summed E-state index contributed by atoms with van der Waals surface area (Å²) in [5, 5.41) is 0.707. The minimum absolute atomic E-state index is 0.164. The van der Waals surface area contributed by atoms with Crippen molar-refractivity contribution in [2.75, 3.05) is 7.11 Å². The summed E-state index contributed by atoms with van der Waals surface area (Å²) in [6, 6.07) is 6.58. The predicted molar refractivity (Wildman–Crippen MR) is 84.7 cm³/mol. The van der Waals surface area contributed by atoms with Crippen LogP contribution in [0.5, 0.6) is 0 Å². The number of hydrogen-bond donors (Lipinski definition) is 0. The van der Waals surface area contributed by atoms with E-state index in [1.807, 2.05) is 6.07 Å². The molecule has 3 rings (SSSR count). The fraction of sp³-hybridized carbons (Fsp3) is 0.125. The number of ketones is 1. The van der Waals surface area contributed by atoms with Gasteiger partial charge in [0, 0.05) is 30.2 Å². The van der Waals surface area contributed by atoms with Crippen LogP contribution in [0.4, 0.5) is 0 Å². The van der Waals surface area contributed by atoms with Gasteiger partial charge in [0.05, 0.1) is 18.2 Å². The van der Waals surface area contributed by atoms with Crippen LogP contribution in [0.1, 0.15) is 26.4 Å². The maximum absolute atomic E-state index is 12.8. The molecule has 7 heteroatoms. The second-order valence-corrected chi connectivity index (χ2v) is 5.29. The third-order valence-corrected chi connectivity index (χ3v) is 3.74. The van der Waals surface area contributed by atoms with Gasteiger partial charge in [0.25, 0.3) is 0 Å². The van der Waals surface area contributed by atoms with E-state index in [1.54, 1.807) is 29.9 Å². The zero-order chi connectivity index (χ0) is 16.6. The van der Waals surface area contributed by atoms with Gasteiger partial charge in [-0.3, -0.25) is 4.79 Å². The Hall–Kier alpha value is -2.73. The molecule has 0 spiro atoms. The molecule has 3 aromatic rings. The number of benzene rings is 1. The van der Waals surface area contributed by atoms with Crippen LogP contribution in [0, 0.1) is 0 Å². The highest BCUT2D eigenvalue weighted by Gasteiger charge is 2.22. The first-order valence-corrected chi connectivity index (χ1v) is 7.09. The number of carbonyl (C=O) groups is 2. The van der Waals surface area contributed by atoms with Crippen molar-refractivity contribution in [3.05, 3.63) is 58.8 Å². The molecular weight excluding hydrogens is 318 g/mol. The number of hydrogen-bond acceptors (Lipinski definition) is 5. The third-order valence-electron chi connectivity index (χ3n) is 3.53. The van der Waals surface area contributed by atoms with E-state index in [0.29, 0.717) is 16.5 Å². The van der Waals surface area contributed by atoms with E-state index in [9.17, 15) is 9.59 Å². The molecule has 6 nitrogen and oxygen atoms in total. The molecule has 0 radical (unpaired) electrons. The fourth-order valence-corrected chi connectivity index (χ4v) is 2.64. The smallest absolute Gasteiger partial charge is 0.338 e. The molecule has 0 aliphatic rings. The molecule has 0 bridgehead atoms. The predicted octanol–water partition coefficient (Wildman–Crippen LogP) is 2.64. The summed E-state index contributed by atoms with van der Waals surface area (Å²) < 4.78 is 6.58. The van der Waals surface area contributed by atoms with Crippen molar-refractivity contribution in [3.8, 4) is 0 Å². The standard InChI is InChI=1S/C16H12ClN3O3/c1-20-7-10(15(21)11-6-13(17)19-8-18-11)14-9(16(22)23-2)4-3-5-12(14)20/h3-8H,1-2H3. The molecule has 0 aliphatic carbocycles. The van der Waals surface area contributed by atoms with Gasteiger partial charge in [0.2, 0.25) is 5.78 Å². The van der Waals surface area contributed by atoms with E-state index in [-0.39, 0.29) is 16.6 Å². The number of carbonyl (C=O) groups excluding carboxylic acids is 2. The van der Waals surface area contributed by atoms with Gasteiger partial charge >= 0.3 is 5.97 Å². The zero-order valence-corrected chi connectivity index (χ0v) is 13.2. The number of nitrogens with zero attached hydrogens (tertiary/aromatic N) is 3. The van der Waals surface area contributed by atoms with Crippen LogP contribution in [0.2, 0.25) is 5.15 Å². The number of esters is 1. The molecule has 23 heavy (non-hydrogen) atoms. The van der Waals surface area contributed by atoms with E-state index < -0.39 is 5.97 Å². The lowest BCUT2D eigenvalue weighted by Crippen LogP contribution is -2.07. The molecule has 0 unspecified atom stereocenters. The van der Waals surface area contributed by atoms with E-state index in [4.69, 9.17) is 16.3 Å². The van der Waals surface area contributed by atoms with E-state index in [2.05, 4.69) is 9.97 Å². The number of methoxy groups -OCH3 is 1. The van der Waals surface area contributed by atoms with Gasteiger partial charge in [-0.25, -0.2) is 14.8 Å². The Morgan fingerprint density at radius 2 is 2.00 bits per heavy atom. The topological polar surface area (TPSA) is 74.1 Å². The Bertz CT molecular complexity index is 933. The first-order valence-electron chi connectivity index (χ1n) is 6.71. The lowest BCUT2D eigenvalue weighted by atomic mass is 10.0. The van der Waals surface area contributed by atoms with Crippen LogP contribution in [0.15, 0.2) is 36.8 Å². The van der Waals surface area contributed by atoms with Gasteiger partial charge < -0.3 is 9.30 Å². The lowest BCUT2D eigenvalue weighted by Gasteiger charge is -2.04. The van der Waals surface area contributed by atoms with Crippen LogP contribution in [-0.2, 0) is 11.8 Å². The Balaban J connectivity index is 2.25. The Morgan fingerprint density at radius 3 is 2.70 bits per heavy atom. The summed E-state index contributed by atoms with van der Waals surface area (Å²) >= 11 is 5.82. The summed E-state index contributed by atoms with van der Waals surface area (Å²) in [4.78, 5) is 32.5. The van der Waals surface area contributed by atoms with Crippen LogP contribution in [0.25, 0.3) is 10.9 Å². The SMILES string of the molecule is COC(=O)c1cccc2c1c(C(=O)c1cc(Cl)ncn1)cn2C. The Labute approximate surface area is 136 Å². The fourth-order valence-electron chi connectivity index (χ4n) is 2.49. The minimum atomic E-state index is -0.503. The highest BCUT2D eigenvalue weighted by Crippen LogP contribution is 2.27. The molecule has 0 saturated heterocycles. The molecule has 0 fully saturated rings. The van der Waals surface area contributed by atoms with Gasteiger partial charge in [-0.05, 0) is 12.1 Å². The van der Waals surface area contributed by atoms with Crippen LogP contribution < -0.4 is 0 Å². The highest BCUT2D eigenvalue weighted by molar-refractivity contribution is 6.30. The summed E-state index contributed by atoms with van der Waals surface area (Å²) in [7, 11) is 3.10. The normalized spacial score (nSPS) is 10.7. The largest absolute Gasteiger partial charge is 0.465 e. The lowest BCUT2D eigenvalue weighted by molar-refractivity contribution is 0.0603. The molecule has 0 N–H and O–H groups in total. The van der Waals surface area contributed by atoms with E-state index >= 15 is 0 Å². The third kappa shape index (κ3) is 2.57. The van der Waals surface area contributed by atoms with Crippen molar-refractivity contribution in [1.82, 2.24) is 14.5 Å². The van der Waals surface area contributed by atoms with Crippen molar-refractivity contribution >= 4 is 34.3 Å². The summed E-state index contributed by atoms with van der Waals surface area (Å²) in [5.74, 6) is -0.840. The van der Waals surface area contributed by atoms with Crippen molar-refractivity contribution in [1.29, 1.82) is 0 Å². The summed E-state index contributed by atoms with van der Waals surface area (Å²) in [6.45, 7) is 0. The van der Waals surface area contributed by atoms with Crippen molar-refractivity contribution in [2.45, 2.75) is 0 Å². The first kappa shape index (κ1) is 15.2. The van der Waals surface area contributed by atoms with E-state index in [0.717, 1.165) is 5.52 Å². The summed E-state index contributed by atoms with van der Waals surface area (Å²) in [5.41, 5.74) is 1.60. The van der Waals surface area contributed by atoms with Gasteiger partial charge in [0.1, 0.15) is 17.2 Å². The van der Waals surface area contributed by atoms with Crippen molar-refractivity contribution in [2.24, 2.45) is 7.05 Å². The number of ether oxygens (including phenoxy) is 1. The molecule has 1 aromatic carbocycles. The van der Waals surface area contributed by atoms with Gasteiger partial charge in [-0.15, -0.1) is 0 Å². The number of fused-ring (bicyclic) bond motifs is 1. The molecule has 116 valence electrons. The molecular formula is C16H12ClN3O3. The average molecular weight is 330 g/mol. The molecule has 0 amide bonds. The van der Waals surface area contributed by atoms with Gasteiger partial charge in [0.15, 0.2) is 0 Å². The Kier molecular flexibility index (Phi) is 3.83.